The molecule has 0 aliphatic carbocycles. The molecule has 0 saturated heterocycles. The predicted octanol–water partition coefficient (Wildman–Crippen LogP) is 5.20. The third-order valence-electron chi connectivity index (χ3n) is 4.16. The molecule has 0 fully saturated rings. The van der Waals surface area contributed by atoms with Gasteiger partial charge in [0, 0.05) is 15.1 Å². The molecule has 0 saturated carbocycles. The van der Waals surface area contributed by atoms with E-state index in [9.17, 15) is 0 Å². The summed E-state index contributed by atoms with van der Waals surface area (Å²) in [5.41, 5.74) is 2.94. The van der Waals surface area contributed by atoms with Crippen molar-refractivity contribution in [3.63, 3.8) is 0 Å². The molecule has 3 aromatic heterocycles. The zero-order valence-electron chi connectivity index (χ0n) is 13.5. The van der Waals surface area contributed by atoms with Crippen LogP contribution in [0, 0.1) is 0 Å². The van der Waals surface area contributed by atoms with Crippen molar-refractivity contribution in [1.29, 1.82) is 0 Å². The van der Waals surface area contributed by atoms with Gasteiger partial charge in [0.1, 0.15) is 6.33 Å². The zero-order chi connectivity index (χ0) is 18.5. The molecule has 132 valence electrons. The normalized spacial score (nSPS) is 11.5. The second-order valence-corrected chi connectivity index (χ2v) is 7.52. The Morgan fingerprint density at radius 3 is 2.67 bits per heavy atom. The van der Waals surface area contributed by atoms with Crippen LogP contribution < -0.4 is 0 Å². The van der Waals surface area contributed by atoms with Crippen LogP contribution in [0.5, 0.6) is 0 Å². The number of benzene rings is 2. The van der Waals surface area contributed by atoms with Crippen molar-refractivity contribution in [2.24, 2.45) is 0 Å². The van der Waals surface area contributed by atoms with Crippen molar-refractivity contribution >= 4 is 55.8 Å². The lowest BCUT2D eigenvalue weighted by Gasteiger charge is -2.04. The second kappa shape index (κ2) is 6.30. The minimum atomic E-state index is 0.492. The summed E-state index contributed by atoms with van der Waals surface area (Å²) >= 11 is 15.8. The maximum atomic E-state index is 6.30. The van der Waals surface area contributed by atoms with Crippen molar-refractivity contribution in [2.45, 2.75) is 0 Å². The first kappa shape index (κ1) is 16.7. The van der Waals surface area contributed by atoms with Crippen LogP contribution in [-0.4, -0.2) is 29.4 Å². The van der Waals surface area contributed by atoms with Crippen molar-refractivity contribution in [3.8, 4) is 17.1 Å². The van der Waals surface area contributed by atoms with E-state index in [0.717, 1.165) is 15.5 Å². The van der Waals surface area contributed by atoms with Gasteiger partial charge >= 0.3 is 0 Å². The van der Waals surface area contributed by atoms with Gasteiger partial charge in [0.2, 0.25) is 0 Å². The van der Waals surface area contributed by atoms with Gasteiger partial charge in [-0.25, -0.2) is 19.2 Å². The number of hydrogen-bond donors (Lipinski definition) is 0. The molecule has 0 atom stereocenters. The van der Waals surface area contributed by atoms with Crippen molar-refractivity contribution in [1.82, 2.24) is 29.4 Å². The van der Waals surface area contributed by atoms with E-state index >= 15 is 0 Å². The van der Waals surface area contributed by atoms with Crippen LogP contribution in [0.4, 0.5) is 0 Å². The third kappa shape index (κ3) is 2.70. The first-order valence-corrected chi connectivity index (χ1v) is 9.46. The van der Waals surface area contributed by atoms with Gasteiger partial charge in [-0.1, -0.05) is 35.3 Å². The fourth-order valence-corrected chi connectivity index (χ4v) is 3.85. The summed E-state index contributed by atoms with van der Waals surface area (Å²) in [6.07, 6.45) is 3.35. The van der Waals surface area contributed by atoms with Crippen molar-refractivity contribution in [2.75, 3.05) is 0 Å². The molecule has 0 aliphatic rings. The lowest BCUT2D eigenvalue weighted by atomic mass is 10.2. The molecule has 0 aliphatic heterocycles. The molecule has 2 aromatic carbocycles. The van der Waals surface area contributed by atoms with Gasteiger partial charge in [0.05, 0.1) is 22.3 Å². The molecular weight excluding hydrogens is 451 g/mol. The molecule has 0 amide bonds. The number of rotatable bonds is 2. The van der Waals surface area contributed by atoms with Gasteiger partial charge in [-0.2, -0.15) is 5.10 Å². The lowest BCUT2D eigenvalue weighted by molar-refractivity contribution is 0.879. The Labute approximate surface area is 171 Å². The Kier molecular flexibility index (Phi) is 3.89. The number of aromatic nitrogens is 6. The number of fused-ring (bicyclic) bond motifs is 3. The molecule has 6 nitrogen and oxygen atoms in total. The molecule has 9 heteroatoms. The number of hydrogen-bond acceptors (Lipinski definition) is 4. The summed E-state index contributed by atoms with van der Waals surface area (Å²) < 4.78 is 4.31. The quantitative estimate of drug-likeness (QED) is 0.364. The molecule has 27 heavy (non-hydrogen) atoms. The van der Waals surface area contributed by atoms with Crippen LogP contribution in [-0.2, 0) is 0 Å². The van der Waals surface area contributed by atoms with Crippen LogP contribution >= 0.6 is 39.1 Å². The van der Waals surface area contributed by atoms with Gasteiger partial charge in [0.25, 0.3) is 0 Å². The monoisotopic (exact) mass is 458 g/mol. The smallest absolute Gasteiger partial charge is 0.183 e. The van der Waals surface area contributed by atoms with Crippen molar-refractivity contribution in [3.05, 3.63) is 69.5 Å². The molecule has 3 heterocycles. The molecule has 0 spiro atoms. The minimum Gasteiger partial charge on any atom is -0.216 e. The fraction of sp³-hybridized carbons (Fsp3) is 0. The van der Waals surface area contributed by atoms with Crippen LogP contribution in [0.3, 0.4) is 0 Å². The molecular formula is C18H9BrCl2N6. The fourth-order valence-electron chi connectivity index (χ4n) is 2.91. The zero-order valence-corrected chi connectivity index (χ0v) is 16.6. The predicted molar refractivity (Wildman–Crippen MR) is 109 cm³/mol. The highest BCUT2D eigenvalue weighted by Crippen LogP contribution is 2.30. The van der Waals surface area contributed by atoms with E-state index in [4.69, 9.17) is 23.2 Å². The molecule has 5 aromatic rings. The number of para-hydroxylation sites is 1. The van der Waals surface area contributed by atoms with E-state index in [0.29, 0.717) is 32.7 Å². The summed E-state index contributed by atoms with van der Waals surface area (Å²) in [6.45, 7) is 0. The Balaban J connectivity index is 1.72. The average molecular weight is 460 g/mol. The maximum absolute atomic E-state index is 6.30. The molecule has 0 unspecified atom stereocenters. The van der Waals surface area contributed by atoms with Gasteiger partial charge in [-0.05, 0) is 46.3 Å². The first-order valence-electron chi connectivity index (χ1n) is 7.91. The highest BCUT2D eigenvalue weighted by Gasteiger charge is 2.16. The Bertz CT molecular complexity index is 1330. The van der Waals surface area contributed by atoms with Crippen LogP contribution in [0.15, 0.2) is 59.5 Å². The largest absolute Gasteiger partial charge is 0.216 e. The molecule has 0 radical (unpaired) electrons. The average Bonchev–Trinajstić information content (AvgIpc) is 3.25. The third-order valence-corrected chi connectivity index (χ3v) is 5.38. The summed E-state index contributed by atoms with van der Waals surface area (Å²) in [7, 11) is 0. The van der Waals surface area contributed by atoms with Gasteiger partial charge in [0.15, 0.2) is 17.1 Å². The van der Waals surface area contributed by atoms with Crippen molar-refractivity contribution < 1.29 is 0 Å². The van der Waals surface area contributed by atoms with Gasteiger partial charge in [-0.15, -0.1) is 5.10 Å². The SMILES string of the molecule is Clc1ccc(-c2nc3c4cnn(-c5ccccc5Br)c4ncn3n2)c(Cl)c1. The highest BCUT2D eigenvalue weighted by atomic mass is 79.9. The maximum Gasteiger partial charge on any atom is 0.183 e. The van der Waals surface area contributed by atoms with Gasteiger partial charge < -0.3 is 0 Å². The minimum absolute atomic E-state index is 0.492. The van der Waals surface area contributed by atoms with E-state index in [2.05, 4.69) is 36.1 Å². The first-order chi connectivity index (χ1) is 13.1. The highest BCUT2D eigenvalue weighted by molar-refractivity contribution is 9.10. The summed E-state index contributed by atoms with van der Waals surface area (Å²) in [5.74, 6) is 0.500. The van der Waals surface area contributed by atoms with E-state index in [1.54, 1.807) is 39.9 Å². The second-order valence-electron chi connectivity index (χ2n) is 5.82. The van der Waals surface area contributed by atoms with Crippen LogP contribution in [0.25, 0.3) is 33.8 Å². The van der Waals surface area contributed by atoms with Crippen LogP contribution in [0.2, 0.25) is 10.0 Å². The Hall–Kier alpha value is -2.48. The van der Waals surface area contributed by atoms with Gasteiger partial charge in [-0.3, -0.25) is 0 Å². The lowest BCUT2D eigenvalue weighted by Crippen LogP contribution is -1.99. The number of nitrogens with zero attached hydrogens (tertiary/aromatic N) is 6. The molecule has 0 bridgehead atoms. The molecule has 0 N–H and O–H groups in total. The summed E-state index contributed by atoms with van der Waals surface area (Å²) in [4.78, 5) is 9.17. The standard InChI is InChI=1S/C18H9BrCl2N6/c19-13-3-1-2-4-15(13)27-17-12(8-23-27)18-24-16(25-26(18)9-22-17)11-6-5-10(20)7-14(11)21/h1-9H. The topological polar surface area (TPSA) is 60.9 Å². The van der Waals surface area contributed by atoms with Crippen LogP contribution in [0.1, 0.15) is 0 Å². The Morgan fingerprint density at radius 1 is 1.00 bits per heavy atom. The Morgan fingerprint density at radius 2 is 1.85 bits per heavy atom. The van der Waals surface area contributed by atoms with E-state index in [1.165, 1.54) is 0 Å². The summed E-state index contributed by atoms with van der Waals surface area (Å²) in [6, 6.07) is 13.0. The van der Waals surface area contributed by atoms with E-state index in [1.807, 2.05) is 24.3 Å². The van der Waals surface area contributed by atoms with E-state index < -0.39 is 0 Å². The van der Waals surface area contributed by atoms with E-state index in [-0.39, 0.29) is 0 Å². The number of halogens is 3. The summed E-state index contributed by atoms with van der Waals surface area (Å²) in [5, 5.41) is 10.8. The molecule has 5 rings (SSSR count).